The highest BCUT2D eigenvalue weighted by Gasteiger charge is 2.09. The molecule has 0 aliphatic rings. The van der Waals surface area contributed by atoms with Crippen LogP contribution in [0.15, 0.2) is 24.3 Å². The minimum Gasteiger partial charge on any atom is -0.396 e. The van der Waals surface area contributed by atoms with Crippen molar-refractivity contribution in [1.29, 1.82) is 0 Å². The van der Waals surface area contributed by atoms with Crippen LogP contribution < -0.4 is 5.32 Å². The first kappa shape index (κ1) is 15.2. The molecule has 0 bridgehead atoms. The topological polar surface area (TPSA) is 52.5 Å². The highest BCUT2D eigenvalue weighted by atomic mass is 16.3. The molecule has 0 radical (unpaired) electrons. The summed E-state index contributed by atoms with van der Waals surface area (Å²) in [6.07, 6.45) is 1.93. The summed E-state index contributed by atoms with van der Waals surface area (Å²) in [7, 11) is 0. The van der Waals surface area contributed by atoms with Crippen molar-refractivity contribution in [3.63, 3.8) is 0 Å². The number of hydrogen-bond donors (Lipinski definition) is 3. The van der Waals surface area contributed by atoms with Crippen molar-refractivity contribution in [2.75, 3.05) is 13.2 Å². The molecule has 3 nitrogen and oxygen atoms in total. The van der Waals surface area contributed by atoms with Crippen LogP contribution in [0.25, 0.3) is 0 Å². The Morgan fingerprint density at radius 3 is 2.67 bits per heavy atom. The number of aliphatic hydroxyl groups excluding tert-OH is 2. The zero-order chi connectivity index (χ0) is 13.4. The zero-order valence-corrected chi connectivity index (χ0v) is 11.4. The van der Waals surface area contributed by atoms with Crippen LogP contribution in [0.1, 0.15) is 43.9 Å². The zero-order valence-electron chi connectivity index (χ0n) is 11.4. The normalized spacial score (nSPS) is 14.4. The second-order valence-electron chi connectivity index (χ2n) is 4.82. The minimum absolute atomic E-state index is 0.0860. The van der Waals surface area contributed by atoms with Gasteiger partial charge < -0.3 is 15.5 Å². The molecule has 18 heavy (non-hydrogen) atoms. The van der Waals surface area contributed by atoms with Crippen LogP contribution in [0.4, 0.5) is 0 Å². The van der Waals surface area contributed by atoms with Gasteiger partial charge in [-0.3, -0.25) is 0 Å². The first-order chi connectivity index (χ1) is 8.71. The number of benzene rings is 1. The van der Waals surface area contributed by atoms with Gasteiger partial charge in [0.2, 0.25) is 0 Å². The summed E-state index contributed by atoms with van der Waals surface area (Å²) in [4.78, 5) is 0. The molecule has 0 aliphatic carbocycles. The second kappa shape index (κ2) is 8.25. The number of aliphatic hydroxyl groups is 2. The summed E-state index contributed by atoms with van der Waals surface area (Å²) in [6, 6.07) is 8.28. The van der Waals surface area contributed by atoms with Crippen molar-refractivity contribution >= 4 is 0 Å². The lowest BCUT2D eigenvalue weighted by Crippen LogP contribution is -2.26. The van der Waals surface area contributed by atoms with E-state index in [1.54, 1.807) is 0 Å². The standard InChI is InChI=1S/C15H25NO2/c1-3-13(7-8-17)10-16-12(2)15-6-4-5-14(9-15)11-18/h4-6,9,12-13,16-18H,3,7-8,10-11H2,1-2H3. The van der Waals surface area contributed by atoms with Gasteiger partial charge in [-0.05, 0) is 36.9 Å². The Morgan fingerprint density at radius 1 is 1.28 bits per heavy atom. The molecule has 1 aromatic rings. The van der Waals surface area contributed by atoms with Gasteiger partial charge in [-0.1, -0.05) is 37.6 Å². The summed E-state index contributed by atoms with van der Waals surface area (Å²) in [6.45, 7) is 5.54. The van der Waals surface area contributed by atoms with Gasteiger partial charge in [0.25, 0.3) is 0 Å². The molecule has 1 aromatic carbocycles. The lowest BCUT2D eigenvalue weighted by Gasteiger charge is -2.19. The highest BCUT2D eigenvalue weighted by Crippen LogP contribution is 2.15. The van der Waals surface area contributed by atoms with E-state index in [0.717, 1.165) is 24.9 Å². The average molecular weight is 251 g/mol. The molecule has 0 aromatic heterocycles. The average Bonchev–Trinajstić information content (AvgIpc) is 2.43. The van der Waals surface area contributed by atoms with E-state index in [9.17, 15) is 0 Å². The van der Waals surface area contributed by atoms with Crippen LogP contribution in [0.3, 0.4) is 0 Å². The fourth-order valence-corrected chi connectivity index (χ4v) is 2.06. The molecule has 2 atom stereocenters. The summed E-state index contributed by atoms with van der Waals surface area (Å²) in [5.74, 6) is 0.526. The van der Waals surface area contributed by atoms with E-state index in [4.69, 9.17) is 10.2 Å². The van der Waals surface area contributed by atoms with Gasteiger partial charge in [-0.25, -0.2) is 0 Å². The summed E-state index contributed by atoms with van der Waals surface area (Å²) >= 11 is 0. The van der Waals surface area contributed by atoms with Crippen LogP contribution in [-0.2, 0) is 6.61 Å². The molecule has 0 aliphatic heterocycles. The Balaban J connectivity index is 2.50. The predicted molar refractivity (Wildman–Crippen MR) is 74.3 cm³/mol. The maximum absolute atomic E-state index is 9.12. The van der Waals surface area contributed by atoms with Crippen LogP contribution in [0.5, 0.6) is 0 Å². The van der Waals surface area contributed by atoms with Gasteiger partial charge in [0.15, 0.2) is 0 Å². The van der Waals surface area contributed by atoms with Gasteiger partial charge in [-0.15, -0.1) is 0 Å². The van der Waals surface area contributed by atoms with Crippen molar-refractivity contribution in [2.24, 2.45) is 5.92 Å². The van der Waals surface area contributed by atoms with Crippen molar-refractivity contribution < 1.29 is 10.2 Å². The Hall–Kier alpha value is -0.900. The lowest BCUT2D eigenvalue weighted by molar-refractivity contribution is 0.249. The predicted octanol–water partition coefficient (Wildman–Crippen LogP) is 2.24. The molecule has 0 saturated heterocycles. The number of nitrogens with one attached hydrogen (secondary N) is 1. The van der Waals surface area contributed by atoms with Gasteiger partial charge in [-0.2, -0.15) is 0 Å². The highest BCUT2D eigenvalue weighted by molar-refractivity contribution is 5.25. The molecular weight excluding hydrogens is 226 g/mol. The molecule has 3 N–H and O–H groups in total. The Morgan fingerprint density at radius 2 is 2.06 bits per heavy atom. The fraction of sp³-hybridized carbons (Fsp3) is 0.600. The summed E-state index contributed by atoms with van der Waals surface area (Å²) in [5.41, 5.74) is 2.14. The quantitative estimate of drug-likeness (QED) is 0.664. The monoisotopic (exact) mass is 251 g/mol. The third-order valence-electron chi connectivity index (χ3n) is 3.46. The van der Waals surface area contributed by atoms with E-state index in [0.29, 0.717) is 5.92 Å². The smallest absolute Gasteiger partial charge is 0.0681 e. The summed E-state index contributed by atoms with van der Waals surface area (Å²) < 4.78 is 0. The van der Waals surface area contributed by atoms with E-state index in [-0.39, 0.29) is 19.3 Å². The van der Waals surface area contributed by atoms with E-state index >= 15 is 0 Å². The van der Waals surface area contributed by atoms with Crippen molar-refractivity contribution in [3.8, 4) is 0 Å². The van der Waals surface area contributed by atoms with E-state index < -0.39 is 0 Å². The molecule has 102 valence electrons. The molecule has 0 heterocycles. The largest absolute Gasteiger partial charge is 0.396 e. The van der Waals surface area contributed by atoms with E-state index in [1.807, 2.05) is 18.2 Å². The number of rotatable bonds is 8. The third-order valence-corrected chi connectivity index (χ3v) is 3.46. The SMILES string of the molecule is CCC(CCO)CNC(C)c1cccc(CO)c1. The van der Waals surface area contributed by atoms with Crippen LogP contribution in [0, 0.1) is 5.92 Å². The fourth-order valence-electron chi connectivity index (χ4n) is 2.06. The minimum atomic E-state index is 0.0860. The summed E-state index contributed by atoms with van der Waals surface area (Å²) in [5, 5.41) is 21.6. The lowest BCUT2D eigenvalue weighted by atomic mass is 10.0. The molecule has 3 heteroatoms. The van der Waals surface area contributed by atoms with Crippen molar-refractivity contribution in [1.82, 2.24) is 5.32 Å². The number of hydrogen-bond acceptors (Lipinski definition) is 3. The van der Waals surface area contributed by atoms with Gasteiger partial charge >= 0.3 is 0 Å². The van der Waals surface area contributed by atoms with E-state index in [2.05, 4.69) is 25.2 Å². The third kappa shape index (κ3) is 4.77. The Bertz CT molecular complexity index is 341. The molecule has 0 saturated carbocycles. The molecule has 1 rings (SSSR count). The Labute approximate surface area is 110 Å². The molecule has 2 unspecified atom stereocenters. The van der Waals surface area contributed by atoms with Gasteiger partial charge in [0, 0.05) is 12.6 Å². The van der Waals surface area contributed by atoms with Crippen molar-refractivity contribution in [3.05, 3.63) is 35.4 Å². The van der Waals surface area contributed by atoms with Gasteiger partial charge in [0.05, 0.1) is 6.61 Å². The molecule has 0 amide bonds. The maximum Gasteiger partial charge on any atom is 0.0681 e. The van der Waals surface area contributed by atoms with E-state index in [1.165, 1.54) is 5.56 Å². The van der Waals surface area contributed by atoms with Crippen LogP contribution >= 0.6 is 0 Å². The first-order valence-electron chi connectivity index (χ1n) is 6.75. The molecule has 0 spiro atoms. The van der Waals surface area contributed by atoms with Gasteiger partial charge in [0.1, 0.15) is 0 Å². The van der Waals surface area contributed by atoms with Crippen LogP contribution in [-0.4, -0.2) is 23.4 Å². The maximum atomic E-state index is 9.12. The molecule has 0 fully saturated rings. The Kier molecular flexibility index (Phi) is 6.94. The van der Waals surface area contributed by atoms with Crippen molar-refractivity contribution in [2.45, 2.75) is 39.3 Å². The molecular formula is C15H25NO2. The first-order valence-corrected chi connectivity index (χ1v) is 6.75. The second-order valence-corrected chi connectivity index (χ2v) is 4.82. The van der Waals surface area contributed by atoms with Crippen LogP contribution in [0.2, 0.25) is 0 Å².